The molecule has 25 heavy (non-hydrogen) atoms. The van der Waals surface area contributed by atoms with Crippen LogP contribution in [0.1, 0.15) is 12.7 Å². The zero-order valence-electron chi connectivity index (χ0n) is 13.8. The van der Waals surface area contributed by atoms with Gasteiger partial charge in [0.25, 0.3) is 0 Å². The fraction of sp³-hybridized carbons (Fsp3) is 0.105. The first-order valence-corrected chi connectivity index (χ1v) is 7.95. The minimum absolute atomic E-state index is 0.265. The standard InChI is InChI=1S/C19H18N6/c1-2-18-23-16-10-6-7-11-17(16)25(18)19(21)14(12-20)13-22-24-15-8-4-3-5-9-15/h3-11,13,24H,2,21H2,1H3/b19-14+,22-13+. The van der Waals surface area contributed by atoms with Gasteiger partial charge in [-0.2, -0.15) is 10.4 Å². The number of anilines is 1. The maximum absolute atomic E-state index is 9.49. The van der Waals surface area contributed by atoms with E-state index in [-0.39, 0.29) is 5.57 Å². The number of imidazole rings is 1. The zero-order valence-corrected chi connectivity index (χ0v) is 13.8. The Morgan fingerprint density at radius 2 is 1.96 bits per heavy atom. The van der Waals surface area contributed by atoms with Crippen molar-refractivity contribution < 1.29 is 0 Å². The van der Waals surface area contributed by atoms with Crippen molar-refractivity contribution in [2.24, 2.45) is 10.8 Å². The molecule has 0 saturated heterocycles. The quantitative estimate of drug-likeness (QED) is 0.426. The molecular formula is C19H18N6. The third kappa shape index (κ3) is 3.35. The topological polar surface area (TPSA) is 92.0 Å². The summed E-state index contributed by atoms with van der Waals surface area (Å²) in [6, 6.07) is 19.3. The lowest BCUT2D eigenvalue weighted by molar-refractivity contribution is 0.910. The molecule has 0 aliphatic rings. The molecule has 1 aromatic heterocycles. The molecule has 0 radical (unpaired) electrons. The molecular weight excluding hydrogens is 312 g/mol. The molecule has 0 bridgehead atoms. The number of allylic oxidation sites excluding steroid dienone is 1. The Bertz CT molecular complexity index is 976. The first-order valence-electron chi connectivity index (χ1n) is 7.95. The van der Waals surface area contributed by atoms with Crippen molar-refractivity contribution in [2.45, 2.75) is 13.3 Å². The smallest absolute Gasteiger partial charge is 0.129 e. The van der Waals surface area contributed by atoms with Crippen molar-refractivity contribution >= 4 is 28.8 Å². The second kappa shape index (κ2) is 7.32. The summed E-state index contributed by atoms with van der Waals surface area (Å²) in [5.74, 6) is 1.11. The minimum Gasteiger partial charge on any atom is -0.384 e. The summed E-state index contributed by atoms with van der Waals surface area (Å²) in [6.07, 6.45) is 2.13. The lowest BCUT2D eigenvalue weighted by Crippen LogP contribution is -2.13. The normalized spacial score (nSPS) is 12.2. The number of hydrogen-bond donors (Lipinski definition) is 2. The number of nitrogens with one attached hydrogen (secondary N) is 1. The van der Waals surface area contributed by atoms with Crippen LogP contribution >= 0.6 is 0 Å². The number of fused-ring (bicyclic) bond motifs is 1. The number of para-hydroxylation sites is 3. The summed E-state index contributed by atoms with van der Waals surface area (Å²) >= 11 is 0. The maximum Gasteiger partial charge on any atom is 0.129 e. The van der Waals surface area contributed by atoms with Crippen molar-refractivity contribution in [2.75, 3.05) is 5.43 Å². The van der Waals surface area contributed by atoms with Crippen molar-refractivity contribution in [1.29, 1.82) is 5.26 Å². The molecule has 124 valence electrons. The molecule has 0 spiro atoms. The molecule has 0 saturated carbocycles. The molecule has 0 aliphatic carbocycles. The van der Waals surface area contributed by atoms with Gasteiger partial charge in [-0.3, -0.25) is 9.99 Å². The number of hydrogen-bond acceptors (Lipinski definition) is 5. The van der Waals surface area contributed by atoms with E-state index in [0.29, 0.717) is 12.2 Å². The number of rotatable bonds is 5. The Morgan fingerprint density at radius 3 is 2.68 bits per heavy atom. The molecule has 0 atom stereocenters. The molecule has 3 N–H and O–H groups in total. The van der Waals surface area contributed by atoms with Gasteiger partial charge in [-0.05, 0) is 24.3 Å². The molecule has 0 aliphatic heterocycles. The molecule has 3 rings (SSSR count). The van der Waals surface area contributed by atoms with Crippen molar-refractivity contribution in [3.8, 4) is 6.07 Å². The molecule has 3 aromatic rings. The Kier molecular flexibility index (Phi) is 4.77. The van der Waals surface area contributed by atoms with Crippen LogP contribution in [0.3, 0.4) is 0 Å². The predicted molar refractivity (Wildman–Crippen MR) is 101 cm³/mol. The third-order valence-electron chi connectivity index (χ3n) is 3.74. The van der Waals surface area contributed by atoms with Crippen molar-refractivity contribution in [1.82, 2.24) is 9.55 Å². The van der Waals surface area contributed by atoms with Gasteiger partial charge in [0.05, 0.1) is 22.9 Å². The van der Waals surface area contributed by atoms with E-state index in [2.05, 4.69) is 21.6 Å². The van der Waals surface area contributed by atoms with Crippen LogP contribution < -0.4 is 11.2 Å². The summed E-state index contributed by atoms with van der Waals surface area (Å²) in [6.45, 7) is 2.00. The van der Waals surface area contributed by atoms with Crippen molar-refractivity contribution in [3.05, 3.63) is 66.0 Å². The van der Waals surface area contributed by atoms with E-state index < -0.39 is 0 Å². The lowest BCUT2D eigenvalue weighted by atomic mass is 10.3. The van der Waals surface area contributed by atoms with Crippen LogP contribution in [-0.2, 0) is 6.42 Å². The largest absolute Gasteiger partial charge is 0.384 e. The highest BCUT2D eigenvalue weighted by atomic mass is 15.3. The van der Waals surface area contributed by atoms with Crippen molar-refractivity contribution in [3.63, 3.8) is 0 Å². The highest BCUT2D eigenvalue weighted by molar-refractivity contribution is 5.93. The average molecular weight is 330 g/mol. The van der Waals surface area contributed by atoms with Crippen LogP contribution in [0.5, 0.6) is 0 Å². The van der Waals surface area contributed by atoms with Crippen LogP contribution in [-0.4, -0.2) is 15.8 Å². The van der Waals surface area contributed by atoms with E-state index in [1.807, 2.05) is 66.1 Å². The Morgan fingerprint density at radius 1 is 1.24 bits per heavy atom. The molecule has 0 amide bonds. The van der Waals surface area contributed by atoms with Gasteiger partial charge in [0.2, 0.25) is 0 Å². The monoisotopic (exact) mass is 330 g/mol. The second-order valence-electron chi connectivity index (χ2n) is 5.35. The number of nitrogens with two attached hydrogens (primary N) is 1. The fourth-order valence-electron chi connectivity index (χ4n) is 2.54. The van der Waals surface area contributed by atoms with Gasteiger partial charge in [0.15, 0.2) is 0 Å². The summed E-state index contributed by atoms with van der Waals surface area (Å²) < 4.78 is 1.81. The van der Waals surface area contributed by atoms with Crippen LogP contribution in [0.4, 0.5) is 5.69 Å². The van der Waals surface area contributed by atoms with E-state index in [1.165, 1.54) is 6.21 Å². The Hall–Kier alpha value is -3.59. The van der Waals surface area contributed by atoms with Gasteiger partial charge < -0.3 is 5.73 Å². The van der Waals surface area contributed by atoms with Gasteiger partial charge in [0, 0.05) is 6.42 Å². The summed E-state index contributed by atoms with van der Waals surface area (Å²) in [5.41, 5.74) is 12.0. The summed E-state index contributed by atoms with van der Waals surface area (Å²) in [4.78, 5) is 4.58. The lowest BCUT2D eigenvalue weighted by Gasteiger charge is -2.09. The van der Waals surface area contributed by atoms with E-state index >= 15 is 0 Å². The maximum atomic E-state index is 9.49. The Balaban J connectivity index is 1.98. The highest BCUT2D eigenvalue weighted by Gasteiger charge is 2.13. The van der Waals surface area contributed by atoms with Gasteiger partial charge in [-0.15, -0.1) is 0 Å². The number of nitriles is 1. The number of hydrazone groups is 1. The van der Waals surface area contributed by atoms with Crippen LogP contribution in [0.15, 0.2) is 65.3 Å². The minimum atomic E-state index is 0.265. The SMILES string of the molecule is CCc1nc2ccccc2n1/C(N)=C(C#N)/C=N/Nc1ccccc1. The predicted octanol–water partition coefficient (Wildman–Crippen LogP) is 3.35. The Labute approximate surface area is 145 Å². The van der Waals surface area contributed by atoms with Crippen LogP contribution in [0.2, 0.25) is 0 Å². The molecule has 6 nitrogen and oxygen atoms in total. The molecule has 0 fully saturated rings. The van der Waals surface area contributed by atoms with Gasteiger partial charge in [-0.1, -0.05) is 37.3 Å². The third-order valence-corrected chi connectivity index (χ3v) is 3.74. The number of benzene rings is 2. The zero-order chi connectivity index (χ0) is 17.6. The molecule has 0 unspecified atom stereocenters. The van der Waals surface area contributed by atoms with Gasteiger partial charge >= 0.3 is 0 Å². The summed E-state index contributed by atoms with van der Waals surface area (Å²) in [7, 11) is 0. The van der Waals surface area contributed by atoms with Crippen LogP contribution in [0, 0.1) is 11.3 Å². The van der Waals surface area contributed by atoms with E-state index in [1.54, 1.807) is 0 Å². The van der Waals surface area contributed by atoms with Gasteiger partial charge in [-0.25, -0.2) is 4.98 Å². The highest BCUT2D eigenvalue weighted by Crippen LogP contribution is 2.20. The second-order valence-corrected chi connectivity index (χ2v) is 5.35. The number of aromatic nitrogens is 2. The first-order chi connectivity index (χ1) is 12.2. The average Bonchev–Trinajstić information content (AvgIpc) is 3.04. The first kappa shape index (κ1) is 16.3. The van der Waals surface area contributed by atoms with E-state index in [0.717, 1.165) is 22.5 Å². The fourth-order valence-corrected chi connectivity index (χ4v) is 2.54. The van der Waals surface area contributed by atoms with Crippen LogP contribution in [0.25, 0.3) is 16.9 Å². The molecule has 1 heterocycles. The molecule has 2 aromatic carbocycles. The van der Waals surface area contributed by atoms with E-state index in [9.17, 15) is 5.26 Å². The number of nitrogens with zero attached hydrogens (tertiary/aromatic N) is 4. The van der Waals surface area contributed by atoms with Gasteiger partial charge in [0.1, 0.15) is 23.3 Å². The number of aryl methyl sites for hydroxylation is 1. The van der Waals surface area contributed by atoms with E-state index in [4.69, 9.17) is 5.73 Å². The summed E-state index contributed by atoms with van der Waals surface area (Å²) in [5, 5.41) is 13.6. The molecule has 6 heteroatoms.